The number of hydrogen-bond acceptors (Lipinski definition) is 3. The maximum absolute atomic E-state index is 13.3. The second kappa shape index (κ2) is 9.69. The molecule has 0 aromatic heterocycles. The molecule has 0 aliphatic carbocycles. The molecule has 3 aromatic carbocycles. The van der Waals surface area contributed by atoms with Gasteiger partial charge in [-0.15, -0.1) is 0 Å². The van der Waals surface area contributed by atoms with Crippen LogP contribution in [0.25, 0.3) is 0 Å². The van der Waals surface area contributed by atoms with Gasteiger partial charge >= 0.3 is 6.03 Å². The normalized spacial score (nSPS) is 16.0. The van der Waals surface area contributed by atoms with E-state index in [4.69, 9.17) is 11.1 Å². The lowest BCUT2D eigenvalue weighted by Gasteiger charge is -2.28. The van der Waals surface area contributed by atoms with Gasteiger partial charge in [0.1, 0.15) is 11.9 Å². The number of urea groups is 1. The zero-order valence-electron chi connectivity index (χ0n) is 18.6. The molecule has 0 unspecified atom stereocenters. The minimum absolute atomic E-state index is 0.000944. The van der Waals surface area contributed by atoms with Gasteiger partial charge in [-0.2, -0.15) is 0 Å². The van der Waals surface area contributed by atoms with Gasteiger partial charge in [-0.25, -0.2) is 4.79 Å². The van der Waals surface area contributed by atoms with Gasteiger partial charge in [0.2, 0.25) is 0 Å². The summed E-state index contributed by atoms with van der Waals surface area (Å²) < 4.78 is 0. The van der Waals surface area contributed by atoms with Crippen LogP contribution in [-0.2, 0) is 11.2 Å². The highest BCUT2D eigenvalue weighted by Gasteiger charge is 2.45. The maximum Gasteiger partial charge on any atom is 0.327 e. The van der Waals surface area contributed by atoms with Gasteiger partial charge in [-0.3, -0.25) is 15.1 Å². The van der Waals surface area contributed by atoms with Crippen molar-refractivity contribution < 1.29 is 9.59 Å². The zero-order valence-corrected chi connectivity index (χ0v) is 18.6. The molecule has 6 heteroatoms. The first-order chi connectivity index (χ1) is 16.0. The Kier molecular flexibility index (Phi) is 6.54. The lowest BCUT2D eigenvalue weighted by molar-refractivity contribution is -0.128. The molecule has 0 spiro atoms. The van der Waals surface area contributed by atoms with Crippen LogP contribution in [-0.4, -0.2) is 46.7 Å². The Labute approximate surface area is 194 Å². The molecule has 33 heavy (non-hydrogen) atoms. The quantitative estimate of drug-likeness (QED) is 0.315. The van der Waals surface area contributed by atoms with Gasteiger partial charge in [0.15, 0.2) is 0 Å². The van der Waals surface area contributed by atoms with Gasteiger partial charge in [0.05, 0.1) is 0 Å². The molecule has 3 N–H and O–H groups in total. The lowest BCUT2D eigenvalue weighted by atomic mass is 9.90. The van der Waals surface area contributed by atoms with Crippen LogP contribution in [0.1, 0.15) is 35.1 Å². The van der Waals surface area contributed by atoms with E-state index in [1.165, 1.54) is 4.90 Å². The van der Waals surface area contributed by atoms with Crippen LogP contribution in [0.4, 0.5) is 4.79 Å². The molecule has 1 aliphatic rings. The van der Waals surface area contributed by atoms with Crippen LogP contribution in [0.15, 0.2) is 84.9 Å². The number of imide groups is 1. The predicted molar refractivity (Wildman–Crippen MR) is 129 cm³/mol. The molecule has 0 bridgehead atoms. The van der Waals surface area contributed by atoms with E-state index in [2.05, 4.69) is 24.3 Å². The van der Waals surface area contributed by atoms with E-state index >= 15 is 0 Å². The molecule has 0 saturated carbocycles. The molecule has 1 heterocycles. The monoisotopic (exact) mass is 440 g/mol. The van der Waals surface area contributed by atoms with E-state index in [1.54, 1.807) is 17.0 Å². The van der Waals surface area contributed by atoms with E-state index in [9.17, 15) is 9.59 Å². The molecule has 6 nitrogen and oxygen atoms in total. The molecule has 168 valence electrons. The summed E-state index contributed by atoms with van der Waals surface area (Å²) in [5.74, 6) is -0.220. The Hall–Kier alpha value is -3.93. The molecule has 1 atom stereocenters. The van der Waals surface area contributed by atoms with E-state index in [-0.39, 0.29) is 23.7 Å². The Balaban J connectivity index is 1.66. The topological polar surface area (TPSA) is 90.5 Å². The Bertz CT molecular complexity index is 1090. The Morgan fingerprint density at radius 1 is 0.909 bits per heavy atom. The van der Waals surface area contributed by atoms with Crippen LogP contribution in [0.3, 0.4) is 0 Å². The highest BCUT2D eigenvalue weighted by atomic mass is 16.2. The summed E-state index contributed by atoms with van der Waals surface area (Å²) in [7, 11) is 0. The number of amidine groups is 1. The average Bonchev–Trinajstić information content (AvgIpc) is 3.07. The van der Waals surface area contributed by atoms with Crippen LogP contribution < -0.4 is 5.73 Å². The maximum atomic E-state index is 13.3. The first-order valence-electron chi connectivity index (χ1n) is 11.1. The van der Waals surface area contributed by atoms with Crippen molar-refractivity contribution in [2.75, 3.05) is 13.1 Å². The lowest BCUT2D eigenvalue weighted by Crippen LogP contribution is -2.39. The fourth-order valence-electron chi connectivity index (χ4n) is 4.40. The molecular formula is C27H28N4O2. The van der Waals surface area contributed by atoms with Gasteiger partial charge in [-0.05, 0) is 23.6 Å². The molecule has 1 saturated heterocycles. The minimum atomic E-state index is -0.574. The highest BCUT2D eigenvalue weighted by molar-refractivity contribution is 6.04. The molecule has 4 rings (SSSR count). The van der Waals surface area contributed by atoms with Gasteiger partial charge < -0.3 is 10.6 Å². The Morgan fingerprint density at radius 3 is 1.94 bits per heavy atom. The molecule has 1 fully saturated rings. The standard InChI is InChI=1S/C27H28N4O2/c1-2-30-26(32)24(17-19-13-15-22(16-14-19)25(28)29)31(27(30)33)18-23(20-9-5-3-6-10-20)21-11-7-4-8-12-21/h3-16,23-24H,2,17-18H2,1H3,(H3,28,29)/t24-/m0/s1. The SMILES string of the molecule is CCN1C(=O)[C@H](Cc2ccc(C(=N)N)cc2)N(CC(c2ccccc2)c2ccccc2)C1=O. The van der Waals surface area contributed by atoms with Gasteiger partial charge in [-0.1, -0.05) is 84.9 Å². The average molecular weight is 441 g/mol. The molecule has 3 amide bonds. The first kappa shape index (κ1) is 22.3. The van der Waals surface area contributed by atoms with Crippen molar-refractivity contribution in [1.29, 1.82) is 5.41 Å². The van der Waals surface area contributed by atoms with Crippen LogP contribution in [0.2, 0.25) is 0 Å². The second-order valence-electron chi connectivity index (χ2n) is 8.22. The van der Waals surface area contributed by atoms with Crippen molar-refractivity contribution in [2.45, 2.75) is 25.3 Å². The van der Waals surface area contributed by atoms with Gasteiger partial charge in [0.25, 0.3) is 5.91 Å². The fraction of sp³-hybridized carbons (Fsp3) is 0.222. The smallest absolute Gasteiger partial charge is 0.327 e. The fourth-order valence-corrected chi connectivity index (χ4v) is 4.40. The van der Waals surface area contributed by atoms with Crippen molar-refractivity contribution in [1.82, 2.24) is 9.80 Å². The Morgan fingerprint density at radius 2 is 1.45 bits per heavy atom. The summed E-state index contributed by atoms with van der Waals surface area (Å²) in [6, 6.07) is 26.6. The number of likely N-dealkylation sites (N-methyl/N-ethyl adjacent to an activating group) is 1. The summed E-state index contributed by atoms with van der Waals surface area (Å²) in [6.07, 6.45) is 0.412. The number of amides is 3. The third-order valence-corrected chi connectivity index (χ3v) is 6.20. The molecule has 1 aliphatic heterocycles. The van der Waals surface area contributed by atoms with Crippen molar-refractivity contribution in [3.63, 3.8) is 0 Å². The number of nitrogens with two attached hydrogens (primary N) is 1. The van der Waals surface area contributed by atoms with E-state index in [0.717, 1.165) is 16.7 Å². The second-order valence-corrected chi connectivity index (χ2v) is 8.22. The number of hydrogen-bond donors (Lipinski definition) is 2. The molecular weight excluding hydrogens is 412 g/mol. The number of nitrogen functional groups attached to an aromatic ring is 1. The van der Waals surface area contributed by atoms with Crippen molar-refractivity contribution >= 4 is 17.8 Å². The van der Waals surface area contributed by atoms with Crippen LogP contribution >= 0.6 is 0 Å². The van der Waals surface area contributed by atoms with Gasteiger partial charge in [0, 0.05) is 31.0 Å². The van der Waals surface area contributed by atoms with Crippen molar-refractivity contribution in [3.8, 4) is 0 Å². The summed E-state index contributed by atoms with van der Waals surface area (Å²) in [6.45, 7) is 2.57. The summed E-state index contributed by atoms with van der Waals surface area (Å²) in [5.41, 5.74) is 9.32. The van der Waals surface area contributed by atoms with E-state index in [0.29, 0.717) is 25.1 Å². The highest BCUT2D eigenvalue weighted by Crippen LogP contribution is 2.30. The van der Waals surface area contributed by atoms with Crippen LogP contribution in [0, 0.1) is 5.41 Å². The van der Waals surface area contributed by atoms with Crippen molar-refractivity contribution in [3.05, 3.63) is 107 Å². The minimum Gasteiger partial charge on any atom is -0.384 e. The number of nitrogens with zero attached hydrogens (tertiary/aromatic N) is 2. The predicted octanol–water partition coefficient (Wildman–Crippen LogP) is 4.00. The van der Waals surface area contributed by atoms with E-state index in [1.807, 2.05) is 55.5 Å². The largest absolute Gasteiger partial charge is 0.384 e. The zero-order chi connectivity index (χ0) is 23.4. The number of carbonyl (C=O) groups is 2. The molecule has 0 radical (unpaired) electrons. The summed E-state index contributed by atoms with van der Waals surface area (Å²) >= 11 is 0. The number of benzene rings is 3. The number of nitrogens with one attached hydrogen (secondary N) is 1. The third kappa shape index (κ3) is 4.65. The summed E-state index contributed by atoms with van der Waals surface area (Å²) in [5, 5.41) is 7.58. The van der Waals surface area contributed by atoms with Crippen molar-refractivity contribution in [2.24, 2.45) is 5.73 Å². The number of carbonyl (C=O) groups excluding carboxylic acids is 2. The number of rotatable bonds is 8. The van der Waals surface area contributed by atoms with E-state index < -0.39 is 6.04 Å². The van der Waals surface area contributed by atoms with Crippen LogP contribution in [0.5, 0.6) is 0 Å². The molecule has 3 aromatic rings. The first-order valence-corrected chi connectivity index (χ1v) is 11.1. The third-order valence-electron chi connectivity index (χ3n) is 6.20. The summed E-state index contributed by atoms with van der Waals surface area (Å²) in [4.78, 5) is 29.5.